The van der Waals surface area contributed by atoms with Gasteiger partial charge in [0.15, 0.2) is 0 Å². The molecule has 0 aromatic rings. The Kier molecular flexibility index (Phi) is 9.91. The van der Waals surface area contributed by atoms with E-state index in [1.807, 2.05) is 0 Å². The summed E-state index contributed by atoms with van der Waals surface area (Å²) in [5.74, 6) is 1.47. The molecule has 2 heteroatoms. The Hall–Kier alpha value is -0.655. The molecule has 0 aliphatic rings. The Morgan fingerprint density at radius 1 is 1.39 bits per heavy atom. The minimum atomic E-state index is 0.613. The Labute approximate surface area is 116 Å². The van der Waals surface area contributed by atoms with E-state index < -0.39 is 0 Å². The number of hydrogen-bond acceptors (Lipinski definition) is 1. The lowest BCUT2D eigenvalue weighted by Crippen LogP contribution is -2.28. The van der Waals surface area contributed by atoms with Crippen molar-refractivity contribution in [2.24, 2.45) is 11.8 Å². The van der Waals surface area contributed by atoms with Crippen molar-refractivity contribution in [1.82, 2.24) is 4.90 Å². The van der Waals surface area contributed by atoms with Crippen LogP contribution in [0.5, 0.6) is 0 Å². The molecule has 104 valence electrons. The van der Waals surface area contributed by atoms with Crippen molar-refractivity contribution in [3.63, 3.8) is 0 Å². The van der Waals surface area contributed by atoms with Crippen LogP contribution in [0.25, 0.3) is 0 Å². The highest BCUT2D eigenvalue weighted by atomic mass is 15.1. The van der Waals surface area contributed by atoms with Crippen LogP contribution in [0.1, 0.15) is 47.0 Å². The highest BCUT2D eigenvalue weighted by Gasteiger charge is 2.09. The van der Waals surface area contributed by atoms with Crippen LogP contribution in [0.2, 0.25) is 6.32 Å². The summed E-state index contributed by atoms with van der Waals surface area (Å²) in [5, 5.41) is 0. The molecular weight excluding hydrogens is 217 g/mol. The zero-order valence-corrected chi connectivity index (χ0v) is 13.2. The van der Waals surface area contributed by atoms with Crippen LogP contribution in [-0.2, 0) is 0 Å². The molecule has 0 heterocycles. The van der Waals surface area contributed by atoms with Gasteiger partial charge in [-0.25, -0.2) is 0 Å². The molecule has 0 saturated heterocycles. The Bertz CT molecular complexity index is 247. The third-order valence-electron chi connectivity index (χ3n) is 3.71. The summed E-state index contributed by atoms with van der Waals surface area (Å²) in [5.41, 5.74) is 1.29. The first-order valence-electron chi connectivity index (χ1n) is 7.60. The highest BCUT2D eigenvalue weighted by molar-refractivity contribution is 6.10. The minimum Gasteiger partial charge on any atom is -0.375 e. The smallest absolute Gasteiger partial charge is 0.108 e. The molecule has 0 saturated carbocycles. The summed E-state index contributed by atoms with van der Waals surface area (Å²) in [6, 6.07) is 0. The summed E-state index contributed by atoms with van der Waals surface area (Å²) in [7, 11) is 2.20. The zero-order valence-electron chi connectivity index (χ0n) is 13.2. The second-order valence-electron chi connectivity index (χ2n) is 5.52. The van der Waals surface area contributed by atoms with E-state index in [2.05, 4.69) is 59.2 Å². The van der Waals surface area contributed by atoms with Crippen molar-refractivity contribution >= 4 is 7.85 Å². The van der Waals surface area contributed by atoms with Crippen LogP contribution in [0.15, 0.2) is 24.4 Å². The van der Waals surface area contributed by atoms with Gasteiger partial charge in [0, 0.05) is 13.1 Å². The highest BCUT2D eigenvalue weighted by Crippen LogP contribution is 2.15. The Morgan fingerprint density at radius 2 is 2.06 bits per heavy atom. The van der Waals surface area contributed by atoms with Gasteiger partial charge < -0.3 is 4.90 Å². The van der Waals surface area contributed by atoms with E-state index in [9.17, 15) is 0 Å². The standard InChI is InChI=1S/C16H32BN/c1-6-9-15(4)13-18(16(5)12-17)11-8-10-14(3)7-2/h6,9,14-15H,5,7-8,10-13,17H2,1-4H3. The molecule has 0 aromatic heterocycles. The molecular formula is C16H32BN. The van der Waals surface area contributed by atoms with Gasteiger partial charge in [-0.2, -0.15) is 0 Å². The predicted molar refractivity (Wildman–Crippen MR) is 86.7 cm³/mol. The average molecular weight is 249 g/mol. The molecule has 0 fully saturated rings. The summed E-state index contributed by atoms with van der Waals surface area (Å²) < 4.78 is 0. The van der Waals surface area contributed by atoms with E-state index in [0.29, 0.717) is 5.92 Å². The van der Waals surface area contributed by atoms with Crippen molar-refractivity contribution in [2.75, 3.05) is 13.1 Å². The maximum atomic E-state index is 4.21. The van der Waals surface area contributed by atoms with Crippen molar-refractivity contribution in [2.45, 2.75) is 53.3 Å². The maximum absolute atomic E-state index is 4.21. The normalized spacial score (nSPS) is 14.7. The Morgan fingerprint density at radius 3 is 2.56 bits per heavy atom. The molecule has 0 radical (unpaired) electrons. The van der Waals surface area contributed by atoms with Gasteiger partial charge in [0.1, 0.15) is 7.85 Å². The Balaban J connectivity index is 4.19. The van der Waals surface area contributed by atoms with Gasteiger partial charge in [0.2, 0.25) is 0 Å². The molecule has 0 N–H and O–H groups in total. The number of nitrogens with zero attached hydrogens (tertiary/aromatic N) is 1. The van der Waals surface area contributed by atoms with Crippen LogP contribution < -0.4 is 0 Å². The van der Waals surface area contributed by atoms with E-state index in [0.717, 1.165) is 18.8 Å². The molecule has 0 aromatic carbocycles. The monoisotopic (exact) mass is 249 g/mol. The number of hydrogen-bond donors (Lipinski definition) is 0. The fourth-order valence-corrected chi connectivity index (χ4v) is 2.17. The summed E-state index contributed by atoms with van der Waals surface area (Å²) in [6.45, 7) is 15.5. The van der Waals surface area contributed by atoms with Crippen molar-refractivity contribution in [3.05, 3.63) is 24.4 Å². The first kappa shape index (κ1) is 17.3. The molecule has 18 heavy (non-hydrogen) atoms. The van der Waals surface area contributed by atoms with E-state index in [1.165, 1.54) is 31.5 Å². The largest absolute Gasteiger partial charge is 0.375 e. The van der Waals surface area contributed by atoms with Crippen molar-refractivity contribution < 1.29 is 0 Å². The van der Waals surface area contributed by atoms with E-state index in [1.54, 1.807) is 0 Å². The molecule has 2 atom stereocenters. The van der Waals surface area contributed by atoms with Crippen LogP contribution >= 0.6 is 0 Å². The molecule has 0 aliphatic heterocycles. The third-order valence-corrected chi connectivity index (χ3v) is 3.71. The lowest BCUT2D eigenvalue weighted by molar-refractivity contribution is 0.302. The van der Waals surface area contributed by atoms with Gasteiger partial charge >= 0.3 is 0 Å². The quantitative estimate of drug-likeness (QED) is 0.419. The molecule has 0 bridgehead atoms. The number of rotatable bonds is 10. The fraction of sp³-hybridized carbons (Fsp3) is 0.750. The number of allylic oxidation sites excluding steroid dienone is 2. The van der Waals surface area contributed by atoms with Crippen LogP contribution in [0, 0.1) is 11.8 Å². The average Bonchev–Trinajstić information content (AvgIpc) is 2.36. The van der Waals surface area contributed by atoms with Gasteiger partial charge in [-0.15, -0.1) is 0 Å². The van der Waals surface area contributed by atoms with Gasteiger partial charge in [-0.3, -0.25) is 0 Å². The predicted octanol–water partition coefficient (Wildman–Crippen LogP) is 3.89. The first-order valence-corrected chi connectivity index (χ1v) is 7.60. The van der Waals surface area contributed by atoms with Crippen LogP contribution in [-0.4, -0.2) is 25.8 Å². The van der Waals surface area contributed by atoms with Gasteiger partial charge in [0.05, 0.1) is 0 Å². The van der Waals surface area contributed by atoms with Gasteiger partial charge in [-0.05, 0) is 43.6 Å². The van der Waals surface area contributed by atoms with Crippen LogP contribution in [0.3, 0.4) is 0 Å². The van der Waals surface area contributed by atoms with Crippen molar-refractivity contribution in [1.29, 1.82) is 0 Å². The zero-order chi connectivity index (χ0) is 14.0. The lowest BCUT2D eigenvalue weighted by atomic mass is 9.99. The lowest BCUT2D eigenvalue weighted by Gasteiger charge is -2.29. The molecule has 0 spiro atoms. The third kappa shape index (κ3) is 7.63. The first-order chi connectivity index (χ1) is 8.54. The van der Waals surface area contributed by atoms with Gasteiger partial charge in [-0.1, -0.05) is 45.9 Å². The topological polar surface area (TPSA) is 3.24 Å². The van der Waals surface area contributed by atoms with E-state index >= 15 is 0 Å². The fourth-order valence-electron chi connectivity index (χ4n) is 2.17. The van der Waals surface area contributed by atoms with Crippen LogP contribution in [0.4, 0.5) is 0 Å². The van der Waals surface area contributed by atoms with Crippen molar-refractivity contribution in [3.8, 4) is 0 Å². The second kappa shape index (κ2) is 10.3. The molecule has 2 unspecified atom stereocenters. The minimum absolute atomic E-state index is 0.613. The molecule has 1 nitrogen and oxygen atoms in total. The molecule has 0 amide bonds. The van der Waals surface area contributed by atoms with E-state index in [4.69, 9.17) is 0 Å². The van der Waals surface area contributed by atoms with Gasteiger partial charge in [0.25, 0.3) is 0 Å². The summed E-state index contributed by atoms with van der Waals surface area (Å²) >= 11 is 0. The SMILES string of the molecule is BCC(=C)N(CCCC(C)CC)CC(C)C=CC. The summed E-state index contributed by atoms with van der Waals surface area (Å²) in [4.78, 5) is 2.48. The van der Waals surface area contributed by atoms with E-state index in [-0.39, 0.29) is 0 Å². The molecule has 0 rings (SSSR count). The maximum Gasteiger partial charge on any atom is 0.108 e. The molecule has 0 aliphatic carbocycles. The summed E-state index contributed by atoms with van der Waals surface area (Å²) in [6.07, 6.45) is 9.41. The second-order valence-corrected chi connectivity index (χ2v) is 5.52.